The summed E-state index contributed by atoms with van der Waals surface area (Å²) in [6, 6.07) is 10.3. The normalized spacial score (nSPS) is 11.3. The Bertz CT molecular complexity index is 712. The van der Waals surface area contributed by atoms with E-state index in [9.17, 15) is 12.8 Å². The zero-order valence-corrected chi connectivity index (χ0v) is 11.7. The first-order chi connectivity index (χ1) is 9.41. The van der Waals surface area contributed by atoms with Crippen molar-refractivity contribution in [3.63, 3.8) is 0 Å². The van der Waals surface area contributed by atoms with Gasteiger partial charge < -0.3 is 10.5 Å². The number of hydrogen-bond donors (Lipinski definition) is 1. The fourth-order valence-corrected chi connectivity index (χ4v) is 2.33. The molecule has 0 aliphatic rings. The maximum atomic E-state index is 13.7. The largest absolute Gasteiger partial charge is 0.454 e. The van der Waals surface area contributed by atoms with Crippen LogP contribution in [0.1, 0.15) is 5.56 Å². The number of ether oxygens (including phenoxy) is 1. The fourth-order valence-electron chi connectivity index (χ4n) is 1.70. The molecule has 106 valence electrons. The van der Waals surface area contributed by atoms with Crippen LogP contribution in [0.5, 0.6) is 11.5 Å². The number of rotatable bonds is 4. The van der Waals surface area contributed by atoms with E-state index < -0.39 is 15.7 Å². The summed E-state index contributed by atoms with van der Waals surface area (Å²) in [7, 11) is -3.26. The van der Waals surface area contributed by atoms with Gasteiger partial charge in [-0.25, -0.2) is 12.8 Å². The second-order valence-electron chi connectivity index (χ2n) is 4.28. The summed E-state index contributed by atoms with van der Waals surface area (Å²) in [5.74, 6) is -0.112. The number of nitrogens with two attached hydrogens (primary N) is 1. The van der Waals surface area contributed by atoms with E-state index >= 15 is 0 Å². The second-order valence-corrected chi connectivity index (χ2v) is 6.29. The van der Waals surface area contributed by atoms with Crippen LogP contribution >= 0.6 is 0 Å². The van der Waals surface area contributed by atoms with E-state index in [2.05, 4.69) is 0 Å². The molecule has 2 N–H and O–H groups in total. The highest BCUT2D eigenvalue weighted by molar-refractivity contribution is 7.90. The quantitative estimate of drug-likeness (QED) is 0.940. The van der Waals surface area contributed by atoms with E-state index in [1.54, 1.807) is 12.1 Å². The van der Waals surface area contributed by atoms with Gasteiger partial charge >= 0.3 is 0 Å². The molecule has 0 unspecified atom stereocenters. The molecule has 2 rings (SSSR count). The van der Waals surface area contributed by atoms with E-state index in [1.165, 1.54) is 30.3 Å². The molecular formula is C14H14FNO3S. The molecule has 0 aliphatic heterocycles. The molecule has 0 spiro atoms. The van der Waals surface area contributed by atoms with E-state index in [4.69, 9.17) is 10.5 Å². The average molecular weight is 295 g/mol. The van der Waals surface area contributed by atoms with Gasteiger partial charge in [0, 0.05) is 18.4 Å². The second kappa shape index (κ2) is 5.60. The Morgan fingerprint density at radius 1 is 1.15 bits per heavy atom. The highest BCUT2D eigenvalue weighted by Gasteiger charge is 2.11. The Hall–Kier alpha value is -1.92. The molecule has 0 saturated carbocycles. The van der Waals surface area contributed by atoms with Gasteiger partial charge in [0.15, 0.2) is 21.4 Å². The predicted molar refractivity (Wildman–Crippen MR) is 73.9 cm³/mol. The van der Waals surface area contributed by atoms with Crippen molar-refractivity contribution >= 4 is 9.84 Å². The van der Waals surface area contributed by atoms with Gasteiger partial charge in [-0.2, -0.15) is 0 Å². The molecular weight excluding hydrogens is 281 g/mol. The summed E-state index contributed by atoms with van der Waals surface area (Å²) in [6.45, 7) is 0.147. The average Bonchev–Trinajstić information content (AvgIpc) is 2.40. The van der Waals surface area contributed by atoms with Gasteiger partial charge in [0.05, 0.1) is 4.90 Å². The van der Waals surface area contributed by atoms with Crippen molar-refractivity contribution in [3.8, 4) is 11.5 Å². The molecule has 0 heterocycles. The van der Waals surface area contributed by atoms with Crippen molar-refractivity contribution in [1.82, 2.24) is 0 Å². The molecule has 6 heteroatoms. The molecule has 0 aromatic heterocycles. The summed E-state index contributed by atoms with van der Waals surface area (Å²) < 4.78 is 41.8. The summed E-state index contributed by atoms with van der Waals surface area (Å²) in [6.07, 6.45) is 1.12. The van der Waals surface area contributed by atoms with Crippen LogP contribution in [0.15, 0.2) is 47.4 Å². The highest BCUT2D eigenvalue weighted by atomic mass is 32.2. The Balaban J connectivity index is 2.32. The zero-order valence-electron chi connectivity index (χ0n) is 10.8. The van der Waals surface area contributed by atoms with E-state index in [0.29, 0.717) is 11.3 Å². The lowest BCUT2D eigenvalue weighted by atomic mass is 10.2. The van der Waals surface area contributed by atoms with Crippen LogP contribution in [0.2, 0.25) is 0 Å². The van der Waals surface area contributed by atoms with Crippen LogP contribution in [0.3, 0.4) is 0 Å². The first-order valence-corrected chi connectivity index (χ1v) is 7.76. The van der Waals surface area contributed by atoms with Gasteiger partial charge in [0.2, 0.25) is 0 Å². The molecule has 0 amide bonds. The molecule has 0 atom stereocenters. The molecule has 0 aliphatic carbocycles. The lowest BCUT2D eigenvalue weighted by molar-refractivity contribution is 0.436. The standard InChI is InChI=1S/C14H14FNO3S/c1-20(17,18)12-7-5-11(6-8-12)19-14-10(9-16)3-2-4-13(14)15/h2-8H,9,16H2,1H3. The summed E-state index contributed by atoms with van der Waals surface area (Å²) >= 11 is 0. The van der Waals surface area contributed by atoms with Gasteiger partial charge in [0.1, 0.15) is 5.75 Å². The molecule has 4 nitrogen and oxygen atoms in total. The first kappa shape index (κ1) is 14.5. The number of para-hydroxylation sites is 1. The predicted octanol–water partition coefficient (Wildman–Crippen LogP) is 2.48. The van der Waals surface area contributed by atoms with E-state index in [-0.39, 0.29) is 17.2 Å². The Labute approximate surface area is 116 Å². The minimum atomic E-state index is -3.26. The van der Waals surface area contributed by atoms with Crippen molar-refractivity contribution in [1.29, 1.82) is 0 Å². The fraction of sp³-hybridized carbons (Fsp3) is 0.143. The van der Waals surface area contributed by atoms with Gasteiger partial charge in [-0.15, -0.1) is 0 Å². The summed E-state index contributed by atoms with van der Waals surface area (Å²) in [5.41, 5.74) is 6.07. The van der Waals surface area contributed by atoms with Gasteiger partial charge in [-0.1, -0.05) is 12.1 Å². The lowest BCUT2D eigenvalue weighted by Crippen LogP contribution is -2.01. The number of benzene rings is 2. The summed E-state index contributed by atoms with van der Waals surface area (Å²) in [4.78, 5) is 0.178. The molecule has 2 aromatic carbocycles. The molecule has 0 fully saturated rings. The topological polar surface area (TPSA) is 69.4 Å². The van der Waals surface area contributed by atoms with Gasteiger partial charge in [0.25, 0.3) is 0 Å². The van der Waals surface area contributed by atoms with Crippen LogP contribution in [-0.2, 0) is 16.4 Å². The maximum Gasteiger partial charge on any atom is 0.175 e. The van der Waals surface area contributed by atoms with Crippen molar-refractivity contribution < 1.29 is 17.5 Å². The van der Waals surface area contributed by atoms with Crippen molar-refractivity contribution in [2.24, 2.45) is 5.73 Å². The highest BCUT2D eigenvalue weighted by Crippen LogP contribution is 2.28. The zero-order chi connectivity index (χ0) is 14.8. The maximum absolute atomic E-state index is 13.7. The van der Waals surface area contributed by atoms with Gasteiger partial charge in [-0.3, -0.25) is 0 Å². The van der Waals surface area contributed by atoms with Crippen molar-refractivity contribution in [3.05, 3.63) is 53.8 Å². The van der Waals surface area contributed by atoms with Crippen molar-refractivity contribution in [2.45, 2.75) is 11.4 Å². The number of hydrogen-bond acceptors (Lipinski definition) is 4. The van der Waals surface area contributed by atoms with Crippen LogP contribution in [0.4, 0.5) is 4.39 Å². The van der Waals surface area contributed by atoms with Crippen molar-refractivity contribution in [2.75, 3.05) is 6.26 Å². The lowest BCUT2D eigenvalue weighted by Gasteiger charge is -2.11. The minimum Gasteiger partial charge on any atom is -0.454 e. The SMILES string of the molecule is CS(=O)(=O)c1ccc(Oc2c(F)cccc2CN)cc1. The third-order valence-corrected chi connectivity index (χ3v) is 3.87. The van der Waals surface area contributed by atoms with Crippen LogP contribution < -0.4 is 10.5 Å². The number of sulfone groups is 1. The Morgan fingerprint density at radius 2 is 1.80 bits per heavy atom. The summed E-state index contributed by atoms with van der Waals surface area (Å²) in [5, 5.41) is 0. The third kappa shape index (κ3) is 3.15. The smallest absolute Gasteiger partial charge is 0.175 e. The Morgan fingerprint density at radius 3 is 2.35 bits per heavy atom. The molecule has 2 aromatic rings. The minimum absolute atomic E-state index is 0.0575. The monoisotopic (exact) mass is 295 g/mol. The Kier molecular flexibility index (Phi) is 4.06. The molecule has 0 saturated heterocycles. The first-order valence-electron chi connectivity index (χ1n) is 5.87. The third-order valence-electron chi connectivity index (χ3n) is 2.74. The van der Waals surface area contributed by atoms with Crippen LogP contribution in [0, 0.1) is 5.82 Å². The van der Waals surface area contributed by atoms with E-state index in [0.717, 1.165) is 6.26 Å². The molecule has 0 radical (unpaired) electrons. The number of halogens is 1. The van der Waals surface area contributed by atoms with Crippen LogP contribution in [0.25, 0.3) is 0 Å². The molecule has 0 bridgehead atoms. The van der Waals surface area contributed by atoms with E-state index in [1.807, 2.05) is 0 Å². The van der Waals surface area contributed by atoms with Gasteiger partial charge in [-0.05, 0) is 30.3 Å². The molecule has 20 heavy (non-hydrogen) atoms. The van der Waals surface area contributed by atoms with Crippen LogP contribution in [-0.4, -0.2) is 14.7 Å².